The zero-order valence-electron chi connectivity index (χ0n) is 18.8. The van der Waals surface area contributed by atoms with E-state index in [2.05, 4.69) is 16.7 Å². The number of amides is 2. The van der Waals surface area contributed by atoms with Gasteiger partial charge in [0.15, 0.2) is 0 Å². The molecule has 6 nitrogen and oxygen atoms in total. The van der Waals surface area contributed by atoms with Gasteiger partial charge in [-0.2, -0.15) is 5.26 Å². The molecule has 4 aromatic rings. The second kappa shape index (κ2) is 11.4. The van der Waals surface area contributed by atoms with Crippen molar-refractivity contribution >= 4 is 45.6 Å². The van der Waals surface area contributed by atoms with Gasteiger partial charge >= 0.3 is 0 Å². The molecule has 8 heteroatoms. The number of rotatable bonds is 8. The van der Waals surface area contributed by atoms with Gasteiger partial charge in [0, 0.05) is 27.1 Å². The smallest absolute Gasteiger partial charge is 0.255 e. The molecule has 0 aliphatic rings. The number of anilines is 2. The summed E-state index contributed by atoms with van der Waals surface area (Å²) in [5.41, 5.74) is 3.35. The van der Waals surface area contributed by atoms with E-state index in [-0.39, 0.29) is 17.6 Å². The molecule has 1 aromatic heterocycles. The summed E-state index contributed by atoms with van der Waals surface area (Å²) in [6.45, 7) is 0. The highest BCUT2D eigenvalue weighted by molar-refractivity contribution is 8.00. The monoisotopic (exact) mass is 499 g/mol. The topological polar surface area (TPSA) is 91.2 Å². The van der Waals surface area contributed by atoms with Crippen molar-refractivity contribution in [1.82, 2.24) is 0 Å². The number of thiophene rings is 1. The van der Waals surface area contributed by atoms with Crippen LogP contribution in [0.15, 0.2) is 89.1 Å². The van der Waals surface area contributed by atoms with Crippen molar-refractivity contribution < 1.29 is 14.3 Å². The van der Waals surface area contributed by atoms with E-state index >= 15 is 0 Å². The van der Waals surface area contributed by atoms with Crippen LogP contribution in [0, 0.1) is 11.3 Å². The number of hydrogen-bond donors (Lipinski definition) is 2. The number of nitriles is 1. The number of carbonyl (C=O) groups is 2. The third kappa shape index (κ3) is 6.09. The normalized spacial score (nSPS) is 10.3. The van der Waals surface area contributed by atoms with Gasteiger partial charge in [0.1, 0.15) is 16.8 Å². The van der Waals surface area contributed by atoms with Gasteiger partial charge < -0.3 is 15.4 Å². The van der Waals surface area contributed by atoms with Crippen molar-refractivity contribution in [3.63, 3.8) is 0 Å². The van der Waals surface area contributed by atoms with Crippen LogP contribution in [0.3, 0.4) is 0 Å². The molecule has 0 saturated carbocycles. The van der Waals surface area contributed by atoms with Crippen molar-refractivity contribution in [3.8, 4) is 22.9 Å². The van der Waals surface area contributed by atoms with Crippen molar-refractivity contribution in [3.05, 3.63) is 95.4 Å². The molecule has 0 spiro atoms. The molecule has 0 radical (unpaired) electrons. The van der Waals surface area contributed by atoms with Gasteiger partial charge in [-0.25, -0.2) is 0 Å². The van der Waals surface area contributed by atoms with E-state index in [1.165, 1.54) is 23.1 Å². The summed E-state index contributed by atoms with van der Waals surface area (Å²) in [4.78, 5) is 25.9. The molecule has 3 aromatic carbocycles. The molecule has 0 bridgehead atoms. The van der Waals surface area contributed by atoms with Gasteiger partial charge in [-0.15, -0.1) is 23.1 Å². The minimum Gasteiger partial charge on any atom is -0.497 e. The Morgan fingerprint density at radius 1 is 1.00 bits per heavy atom. The van der Waals surface area contributed by atoms with Gasteiger partial charge in [-0.3, -0.25) is 9.59 Å². The molecule has 0 atom stereocenters. The predicted molar refractivity (Wildman–Crippen MR) is 141 cm³/mol. The molecule has 1 heterocycles. The Kier molecular flexibility index (Phi) is 7.83. The second-order valence-electron chi connectivity index (χ2n) is 7.38. The van der Waals surface area contributed by atoms with Gasteiger partial charge in [-0.1, -0.05) is 36.4 Å². The van der Waals surface area contributed by atoms with E-state index in [9.17, 15) is 14.9 Å². The third-order valence-corrected chi connectivity index (χ3v) is 6.94. The lowest BCUT2D eigenvalue weighted by Crippen LogP contribution is -2.14. The number of nitrogens with zero attached hydrogens (tertiary/aromatic N) is 1. The number of methoxy groups -OCH3 is 1. The molecule has 2 amide bonds. The molecular formula is C27H21N3O3S2. The second-order valence-corrected chi connectivity index (χ2v) is 9.31. The molecule has 0 unspecified atom stereocenters. The quantitative estimate of drug-likeness (QED) is 0.279. The van der Waals surface area contributed by atoms with E-state index in [1.54, 1.807) is 37.4 Å². The fourth-order valence-electron chi connectivity index (χ4n) is 3.31. The minimum absolute atomic E-state index is 0.166. The van der Waals surface area contributed by atoms with E-state index in [0.717, 1.165) is 16.0 Å². The Balaban J connectivity index is 1.36. The first-order chi connectivity index (χ1) is 17.1. The van der Waals surface area contributed by atoms with Crippen molar-refractivity contribution in [2.75, 3.05) is 23.5 Å². The highest BCUT2D eigenvalue weighted by Gasteiger charge is 2.15. The Bertz CT molecular complexity index is 1380. The molecule has 0 saturated heterocycles. The van der Waals surface area contributed by atoms with Gasteiger partial charge in [0.2, 0.25) is 5.91 Å². The number of nitrogens with one attached hydrogen (secondary N) is 2. The number of ether oxygens (including phenoxy) is 1. The van der Waals surface area contributed by atoms with Crippen LogP contribution < -0.4 is 15.4 Å². The van der Waals surface area contributed by atoms with Crippen LogP contribution in [0.4, 0.5) is 10.7 Å². The van der Waals surface area contributed by atoms with Crippen LogP contribution in [0.2, 0.25) is 0 Å². The lowest BCUT2D eigenvalue weighted by atomic mass is 10.1. The number of thioether (sulfide) groups is 1. The maximum absolute atomic E-state index is 12.6. The highest BCUT2D eigenvalue weighted by atomic mass is 32.2. The Morgan fingerprint density at radius 3 is 2.49 bits per heavy atom. The Morgan fingerprint density at radius 2 is 1.77 bits per heavy atom. The van der Waals surface area contributed by atoms with E-state index in [0.29, 0.717) is 27.6 Å². The Labute approximate surface area is 211 Å². The van der Waals surface area contributed by atoms with Crippen LogP contribution in [0.25, 0.3) is 11.1 Å². The largest absolute Gasteiger partial charge is 0.497 e. The minimum atomic E-state index is -0.233. The molecule has 2 N–H and O–H groups in total. The van der Waals surface area contributed by atoms with Crippen molar-refractivity contribution in [2.45, 2.75) is 4.90 Å². The Hall–Kier alpha value is -4.06. The maximum atomic E-state index is 12.6. The predicted octanol–water partition coefficient (Wildman–Crippen LogP) is 6.28. The number of hydrogen-bond acceptors (Lipinski definition) is 6. The van der Waals surface area contributed by atoms with Crippen molar-refractivity contribution in [2.24, 2.45) is 0 Å². The lowest BCUT2D eigenvalue weighted by molar-refractivity contribution is -0.113. The summed E-state index contributed by atoms with van der Waals surface area (Å²) < 4.78 is 5.12. The molecule has 174 valence electrons. The van der Waals surface area contributed by atoms with Crippen LogP contribution in [-0.2, 0) is 4.79 Å². The first-order valence-electron chi connectivity index (χ1n) is 10.6. The van der Waals surface area contributed by atoms with Crippen LogP contribution in [0.5, 0.6) is 5.75 Å². The molecule has 35 heavy (non-hydrogen) atoms. The average molecular weight is 500 g/mol. The van der Waals surface area contributed by atoms with E-state index < -0.39 is 0 Å². The van der Waals surface area contributed by atoms with E-state index in [4.69, 9.17) is 4.74 Å². The molecule has 0 aliphatic carbocycles. The first kappa shape index (κ1) is 24.1. The zero-order chi connectivity index (χ0) is 24.6. The summed E-state index contributed by atoms with van der Waals surface area (Å²) in [5.74, 6) is 0.405. The fourth-order valence-corrected chi connectivity index (χ4v) is 5.00. The van der Waals surface area contributed by atoms with Crippen LogP contribution in [0.1, 0.15) is 15.9 Å². The van der Waals surface area contributed by atoms with Crippen LogP contribution in [-0.4, -0.2) is 24.7 Å². The van der Waals surface area contributed by atoms with Crippen LogP contribution >= 0.6 is 23.1 Å². The van der Waals surface area contributed by atoms with Crippen molar-refractivity contribution in [1.29, 1.82) is 5.26 Å². The fraction of sp³-hybridized carbons (Fsp3) is 0.0741. The third-order valence-electron chi connectivity index (χ3n) is 5.05. The molecule has 0 fully saturated rings. The number of benzene rings is 3. The zero-order valence-corrected chi connectivity index (χ0v) is 20.4. The first-order valence-corrected chi connectivity index (χ1v) is 12.5. The summed E-state index contributed by atoms with van der Waals surface area (Å²) in [7, 11) is 1.57. The van der Waals surface area contributed by atoms with E-state index in [1.807, 2.05) is 53.9 Å². The van der Waals surface area contributed by atoms with Gasteiger partial charge in [0.05, 0.1) is 18.4 Å². The van der Waals surface area contributed by atoms with Gasteiger partial charge in [0.25, 0.3) is 5.91 Å². The average Bonchev–Trinajstić information content (AvgIpc) is 3.30. The lowest BCUT2D eigenvalue weighted by Gasteiger charge is -2.08. The number of carbonyl (C=O) groups excluding carboxylic acids is 2. The summed E-state index contributed by atoms with van der Waals surface area (Å²) >= 11 is 2.68. The maximum Gasteiger partial charge on any atom is 0.255 e. The van der Waals surface area contributed by atoms with Gasteiger partial charge in [-0.05, 0) is 48.0 Å². The SMILES string of the molecule is COc1ccc(C(=O)Nc2cccc(SCC(=O)Nc3scc(-c4ccccc4)c3C#N)c2)cc1. The highest BCUT2D eigenvalue weighted by Crippen LogP contribution is 2.35. The summed E-state index contributed by atoms with van der Waals surface area (Å²) in [6.07, 6.45) is 0. The summed E-state index contributed by atoms with van der Waals surface area (Å²) in [6, 6.07) is 26.0. The molecule has 0 aliphatic heterocycles. The standard InChI is InChI=1S/C27H21N3O3S2/c1-33-21-12-10-19(11-13-21)26(32)29-20-8-5-9-22(14-20)34-17-25(31)30-27-23(15-28)24(16-35-27)18-6-3-2-4-7-18/h2-14,16H,17H2,1H3,(H,29,32)(H,30,31). The molecular weight excluding hydrogens is 478 g/mol. The summed E-state index contributed by atoms with van der Waals surface area (Å²) in [5, 5.41) is 17.8. The molecule has 4 rings (SSSR count).